The third-order valence-electron chi connectivity index (χ3n) is 0.816. The number of rotatable bonds is 5. The van der Waals surface area contributed by atoms with Crippen LogP contribution in [0.4, 0.5) is 0 Å². The maximum Gasteiger partial charge on any atom is 0.0985 e. The molecular formula is C7H15NO. The van der Waals surface area contributed by atoms with E-state index >= 15 is 0 Å². The summed E-state index contributed by atoms with van der Waals surface area (Å²) >= 11 is 0. The molecule has 0 radical (unpaired) electrons. The smallest absolute Gasteiger partial charge is 0.0985 e. The Kier molecular flexibility index (Phi) is 5.57. The summed E-state index contributed by atoms with van der Waals surface area (Å²) in [5.41, 5.74) is 0. The predicted octanol–water partition coefficient (Wildman–Crippen LogP) is 1.10. The average Bonchev–Trinajstić information content (AvgIpc) is 1.80. The first-order chi connectivity index (χ1) is 4.27. The zero-order valence-electron chi connectivity index (χ0n) is 6.26. The standard InChI is InChI=1S/C7H15NO/c1-4-5-6-9-7-8(2)3/h4H,1,5-7H2,2-3H3. The van der Waals surface area contributed by atoms with Gasteiger partial charge in [0, 0.05) is 0 Å². The first-order valence-corrected chi connectivity index (χ1v) is 3.10. The fourth-order valence-corrected chi connectivity index (χ4v) is 0.414. The maximum absolute atomic E-state index is 5.19. The Balaban J connectivity index is 2.82. The first-order valence-electron chi connectivity index (χ1n) is 3.10. The Morgan fingerprint density at radius 1 is 1.56 bits per heavy atom. The van der Waals surface area contributed by atoms with Crippen LogP contribution >= 0.6 is 0 Å². The van der Waals surface area contributed by atoms with Gasteiger partial charge in [0.05, 0.1) is 13.3 Å². The lowest BCUT2D eigenvalue weighted by atomic mass is 10.5. The van der Waals surface area contributed by atoms with Crippen molar-refractivity contribution >= 4 is 0 Å². The molecule has 0 spiro atoms. The second-order valence-electron chi connectivity index (χ2n) is 2.19. The molecule has 0 aliphatic rings. The SMILES string of the molecule is C=CCCOCN(C)C. The molecule has 9 heavy (non-hydrogen) atoms. The van der Waals surface area contributed by atoms with E-state index in [2.05, 4.69) is 6.58 Å². The molecule has 0 N–H and O–H groups in total. The minimum absolute atomic E-state index is 0.702. The summed E-state index contributed by atoms with van der Waals surface area (Å²) < 4.78 is 5.19. The highest BCUT2D eigenvalue weighted by atomic mass is 16.5. The van der Waals surface area contributed by atoms with Gasteiger partial charge in [-0.15, -0.1) is 6.58 Å². The van der Waals surface area contributed by atoms with E-state index in [0.29, 0.717) is 6.73 Å². The van der Waals surface area contributed by atoms with Crippen molar-refractivity contribution in [3.8, 4) is 0 Å². The van der Waals surface area contributed by atoms with Gasteiger partial charge in [0.25, 0.3) is 0 Å². The van der Waals surface area contributed by atoms with Gasteiger partial charge >= 0.3 is 0 Å². The van der Waals surface area contributed by atoms with Crippen molar-refractivity contribution in [2.24, 2.45) is 0 Å². The molecule has 2 heteroatoms. The number of ether oxygens (including phenoxy) is 1. The molecular weight excluding hydrogens is 114 g/mol. The summed E-state index contributed by atoms with van der Waals surface area (Å²) in [6.45, 7) is 5.07. The molecule has 0 aromatic heterocycles. The summed E-state index contributed by atoms with van der Waals surface area (Å²) in [6.07, 6.45) is 2.80. The van der Waals surface area contributed by atoms with Crippen LogP contribution in [0.3, 0.4) is 0 Å². The number of nitrogens with zero attached hydrogens (tertiary/aromatic N) is 1. The number of hydrogen-bond acceptors (Lipinski definition) is 2. The van der Waals surface area contributed by atoms with Gasteiger partial charge < -0.3 is 4.74 Å². The molecule has 0 amide bonds. The largest absolute Gasteiger partial charge is 0.366 e. The average molecular weight is 129 g/mol. The highest BCUT2D eigenvalue weighted by Gasteiger charge is 1.86. The molecule has 0 aromatic carbocycles. The molecule has 54 valence electrons. The third-order valence-corrected chi connectivity index (χ3v) is 0.816. The fourth-order valence-electron chi connectivity index (χ4n) is 0.414. The van der Waals surface area contributed by atoms with Crippen LogP contribution in [0.5, 0.6) is 0 Å². The molecule has 2 nitrogen and oxygen atoms in total. The van der Waals surface area contributed by atoms with Crippen LogP contribution in [0.1, 0.15) is 6.42 Å². The summed E-state index contributed by atoms with van der Waals surface area (Å²) in [6, 6.07) is 0. The zero-order valence-corrected chi connectivity index (χ0v) is 6.26. The minimum Gasteiger partial charge on any atom is -0.366 e. The minimum atomic E-state index is 0.702. The van der Waals surface area contributed by atoms with Crippen molar-refractivity contribution in [3.05, 3.63) is 12.7 Å². The van der Waals surface area contributed by atoms with Gasteiger partial charge in [-0.25, -0.2) is 0 Å². The van der Waals surface area contributed by atoms with Crippen molar-refractivity contribution in [3.63, 3.8) is 0 Å². The second kappa shape index (κ2) is 5.79. The van der Waals surface area contributed by atoms with Crippen LogP contribution < -0.4 is 0 Å². The summed E-state index contributed by atoms with van der Waals surface area (Å²) in [5, 5.41) is 0. The predicted molar refractivity (Wildman–Crippen MR) is 39.3 cm³/mol. The van der Waals surface area contributed by atoms with E-state index in [4.69, 9.17) is 4.74 Å². The maximum atomic E-state index is 5.19. The monoisotopic (exact) mass is 129 g/mol. The molecule has 0 saturated heterocycles. The van der Waals surface area contributed by atoms with Gasteiger partial charge in [-0.1, -0.05) is 6.08 Å². The topological polar surface area (TPSA) is 12.5 Å². The van der Waals surface area contributed by atoms with Gasteiger partial charge in [0.15, 0.2) is 0 Å². The van der Waals surface area contributed by atoms with Gasteiger partial charge in [-0.2, -0.15) is 0 Å². The molecule has 0 rings (SSSR count). The van der Waals surface area contributed by atoms with Gasteiger partial charge in [0.2, 0.25) is 0 Å². The van der Waals surface area contributed by atoms with Crippen molar-refractivity contribution in [1.29, 1.82) is 0 Å². The van der Waals surface area contributed by atoms with Gasteiger partial charge in [0.1, 0.15) is 0 Å². The zero-order chi connectivity index (χ0) is 7.11. The lowest BCUT2D eigenvalue weighted by Crippen LogP contribution is -2.16. The van der Waals surface area contributed by atoms with Crippen molar-refractivity contribution < 1.29 is 4.74 Å². The molecule has 0 saturated carbocycles. The van der Waals surface area contributed by atoms with E-state index in [1.807, 2.05) is 25.1 Å². The first kappa shape index (κ1) is 8.66. The van der Waals surface area contributed by atoms with Crippen LogP contribution in [-0.2, 0) is 4.74 Å². The highest BCUT2D eigenvalue weighted by Crippen LogP contribution is 1.83. The van der Waals surface area contributed by atoms with Crippen LogP contribution in [0, 0.1) is 0 Å². The molecule has 0 aliphatic heterocycles. The Morgan fingerprint density at radius 2 is 2.22 bits per heavy atom. The Hall–Kier alpha value is -0.340. The van der Waals surface area contributed by atoms with Gasteiger partial charge in [-0.05, 0) is 20.5 Å². The Bertz CT molecular complexity index is 71.3. The molecule has 0 fully saturated rings. The van der Waals surface area contributed by atoms with E-state index in [-0.39, 0.29) is 0 Å². The molecule has 0 atom stereocenters. The van der Waals surface area contributed by atoms with Crippen molar-refractivity contribution in [1.82, 2.24) is 4.90 Å². The third kappa shape index (κ3) is 7.66. The van der Waals surface area contributed by atoms with E-state index in [9.17, 15) is 0 Å². The molecule has 0 unspecified atom stereocenters. The normalized spacial score (nSPS) is 10.1. The highest BCUT2D eigenvalue weighted by molar-refractivity contribution is 4.64. The lowest BCUT2D eigenvalue weighted by Gasteiger charge is -2.08. The lowest BCUT2D eigenvalue weighted by molar-refractivity contribution is 0.0593. The Labute approximate surface area is 57.1 Å². The van der Waals surface area contributed by atoms with Crippen molar-refractivity contribution in [2.45, 2.75) is 6.42 Å². The molecule has 0 bridgehead atoms. The molecule has 0 aliphatic carbocycles. The van der Waals surface area contributed by atoms with E-state index < -0.39 is 0 Å². The van der Waals surface area contributed by atoms with Crippen LogP contribution in [-0.4, -0.2) is 32.3 Å². The molecule has 0 aromatic rings. The van der Waals surface area contributed by atoms with E-state index in [1.165, 1.54) is 0 Å². The van der Waals surface area contributed by atoms with Crippen LogP contribution in [0.2, 0.25) is 0 Å². The van der Waals surface area contributed by atoms with Crippen molar-refractivity contribution in [2.75, 3.05) is 27.4 Å². The second-order valence-corrected chi connectivity index (χ2v) is 2.19. The summed E-state index contributed by atoms with van der Waals surface area (Å²) in [7, 11) is 3.96. The van der Waals surface area contributed by atoms with Crippen LogP contribution in [0.15, 0.2) is 12.7 Å². The van der Waals surface area contributed by atoms with Gasteiger partial charge in [-0.3, -0.25) is 4.90 Å². The molecule has 0 heterocycles. The quantitative estimate of drug-likeness (QED) is 0.313. The Morgan fingerprint density at radius 3 is 2.67 bits per heavy atom. The van der Waals surface area contributed by atoms with Crippen LogP contribution in [0.25, 0.3) is 0 Å². The summed E-state index contributed by atoms with van der Waals surface area (Å²) in [5.74, 6) is 0. The summed E-state index contributed by atoms with van der Waals surface area (Å²) in [4.78, 5) is 1.99. The van der Waals surface area contributed by atoms with E-state index in [1.54, 1.807) is 0 Å². The van der Waals surface area contributed by atoms with E-state index in [0.717, 1.165) is 13.0 Å². The fraction of sp³-hybridized carbons (Fsp3) is 0.714. The number of hydrogen-bond donors (Lipinski definition) is 0.